The van der Waals surface area contributed by atoms with Crippen LogP contribution in [0.15, 0.2) is 18.2 Å². The molecule has 1 amide bonds. The Hall–Kier alpha value is -2.19. The average Bonchev–Trinajstić information content (AvgIpc) is 3.12. The van der Waals surface area contributed by atoms with Gasteiger partial charge in [0.05, 0.1) is 11.8 Å². The van der Waals surface area contributed by atoms with E-state index in [1.165, 1.54) is 6.07 Å². The number of hydrogen-bond donors (Lipinski definition) is 1. The summed E-state index contributed by atoms with van der Waals surface area (Å²) in [7, 11) is 0. The maximum Gasteiger partial charge on any atom is 0.394 e. The van der Waals surface area contributed by atoms with Gasteiger partial charge in [-0.2, -0.15) is 13.2 Å². The van der Waals surface area contributed by atoms with Crippen LogP contribution in [0, 0.1) is 29.4 Å². The van der Waals surface area contributed by atoms with E-state index in [2.05, 4.69) is 0 Å². The molecule has 2 fully saturated rings. The Labute approximate surface area is 139 Å². The van der Waals surface area contributed by atoms with Gasteiger partial charge in [-0.25, -0.2) is 8.78 Å². The highest BCUT2D eigenvalue weighted by Gasteiger charge is 2.56. The predicted octanol–water partition coefficient (Wildman–Crippen LogP) is 2.79. The number of benzene rings is 1. The molecule has 0 aromatic heterocycles. The second kappa shape index (κ2) is 5.96. The van der Waals surface area contributed by atoms with Crippen LogP contribution in [0.1, 0.15) is 17.9 Å². The van der Waals surface area contributed by atoms with Gasteiger partial charge in [0.25, 0.3) is 0 Å². The van der Waals surface area contributed by atoms with Crippen molar-refractivity contribution >= 4 is 11.9 Å². The summed E-state index contributed by atoms with van der Waals surface area (Å²) in [4.78, 5) is 24.3. The van der Waals surface area contributed by atoms with Crippen molar-refractivity contribution in [1.29, 1.82) is 0 Å². The molecule has 25 heavy (non-hydrogen) atoms. The fourth-order valence-corrected chi connectivity index (χ4v) is 3.45. The van der Waals surface area contributed by atoms with Gasteiger partial charge in [0.1, 0.15) is 11.6 Å². The van der Waals surface area contributed by atoms with Crippen molar-refractivity contribution in [3.8, 4) is 0 Å². The highest BCUT2D eigenvalue weighted by Crippen LogP contribution is 2.51. The van der Waals surface area contributed by atoms with Crippen LogP contribution in [0.25, 0.3) is 0 Å². The van der Waals surface area contributed by atoms with E-state index in [4.69, 9.17) is 5.11 Å². The highest BCUT2D eigenvalue weighted by molar-refractivity contribution is 5.84. The maximum atomic E-state index is 13.8. The van der Waals surface area contributed by atoms with Crippen LogP contribution in [0.3, 0.4) is 0 Å². The molecule has 1 heterocycles. The van der Waals surface area contributed by atoms with E-state index >= 15 is 0 Å². The second-order valence-corrected chi connectivity index (χ2v) is 6.42. The summed E-state index contributed by atoms with van der Waals surface area (Å²) in [5.74, 6) is -9.36. The largest absolute Gasteiger partial charge is 0.481 e. The molecular formula is C16H14F5NO3. The first-order valence-electron chi connectivity index (χ1n) is 7.63. The number of rotatable bonds is 3. The molecule has 2 aliphatic rings. The minimum Gasteiger partial charge on any atom is -0.481 e. The summed E-state index contributed by atoms with van der Waals surface area (Å²) in [6.07, 6.45) is -4.61. The molecule has 3 rings (SSSR count). The third-order valence-corrected chi connectivity index (χ3v) is 4.85. The lowest BCUT2D eigenvalue weighted by Crippen LogP contribution is -2.34. The first-order chi connectivity index (χ1) is 11.6. The Kier molecular flexibility index (Phi) is 4.20. The molecule has 4 atom stereocenters. The van der Waals surface area contributed by atoms with Gasteiger partial charge in [-0.1, -0.05) is 6.07 Å². The Balaban J connectivity index is 1.74. The maximum absolute atomic E-state index is 13.8. The van der Waals surface area contributed by atoms with Crippen LogP contribution in [-0.2, 0) is 9.59 Å². The molecule has 4 nitrogen and oxygen atoms in total. The van der Waals surface area contributed by atoms with Crippen molar-refractivity contribution in [3.05, 3.63) is 35.4 Å². The standard InChI is InChI=1S/C16H14F5NO3/c17-11-2-1-3-12(18)13(11)7-4-8(7)14(23)22-5-9(15(24)25)10(6-22)16(19,20)21/h1-3,7-10H,4-6H2,(H,24,25)/t7?,8?,9-,10-/m1/s1. The lowest BCUT2D eigenvalue weighted by molar-refractivity contribution is -0.188. The lowest BCUT2D eigenvalue weighted by Gasteiger charge is -2.18. The van der Waals surface area contributed by atoms with Crippen LogP contribution in [-0.4, -0.2) is 41.1 Å². The summed E-state index contributed by atoms with van der Waals surface area (Å²) in [6, 6.07) is 3.28. The normalized spacial score (nSPS) is 28.9. The minimum atomic E-state index is -4.74. The summed E-state index contributed by atoms with van der Waals surface area (Å²) in [6.45, 7) is -1.30. The van der Waals surface area contributed by atoms with Gasteiger partial charge in [-0.3, -0.25) is 9.59 Å². The third kappa shape index (κ3) is 3.19. The van der Waals surface area contributed by atoms with Crippen molar-refractivity contribution in [2.24, 2.45) is 17.8 Å². The van der Waals surface area contributed by atoms with Gasteiger partial charge in [0, 0.05) is 30.5 Å². The fourth-order valence-electron chi connectivity index (χ4n) is 3.45. The molecule has 1 saturated heterocycles. The number of carbonyl (C=O) groups is 2. The number of aliphatic carboxylic acids is 1. The molecule has 136 valence electrons. The summed E-state index contributed by atoms with van der Waals surface area (Å²) < 4.78 is 66.4. The first kappa shape index (κ1) is 17.6. The zero-order valence-corrected chi connectivity index (χ0v) is 12.8. The zero-order chi connectivity index (χ0) is 18.5. The van der Waals surface area contributed by atoms with Gasteiger partial charge in [0.2, 0.25) is 5.91 Å². The van der Waals surface area contributed by atoms with E-state index in [0.717, 1.165) is 17.0 Å². The van der Waals surface area contributed by atoms with E-state index in [-0.39, 0.29) is 12.0 Å². The van der Waals surface area contributed by atoms with Gasteiger partial charge < -0.3 is 10.0 Å². The Bertz CT molecular complexity index is 700. The molecule has 0 spiro atoms. The van der Waals surface area contributed by atoms with Gasteiger partial charge in [0.15, 0.2) is 0 Å². The van der Waals surface area contributed by atoms with E-state index in [1.807, 2.05) is 0 Å². The Morgan fingerprint density at radius 2 is 1.68 bits per heavy atom. The van der Waals surface area contributed by atoms with Crippen molar-refractivity contribution in [3.63, 3.8) is 0 Å². The Morgan fingerprint density at radius 3 is 2.16 bits per heavy atom. The number of amides is 1. The smallest absolute Gasteiger partial charge is 0.394 e. The first-order valence-corrected chi connectivity index (χ1v) is 7.63. The Morgan fingerprint density at radius 1 is 1.08 bits per heavy atom. The summed E-state index contributed by atoms with van der Waals surface area (Å²) >= 11 is 0. The SMILES string of the molecule is O=C(O)[C@@H]1CN(C(=O)C2CC2c2c(F)cccc2F)C[C@H]1C(F)(F)F. The van der Waals surface area contributed by atoms with Crippen molar-refractivity contribution in [2.45, 2.75) is 18.5 Å². The van der Waals surface area contributed by atoms with E-state index in [0.29, 0.717) is 0 Å². The minimum absolute atomic E-state index is 0.127. The molecule has 1 aliphatic heterocycles. The number of alkyl halides is 3. The number of halogens is 5. The lowest BCUT2D eigenvalue weighted by atomic mass is 9.96. The third-order valence-electron chi connectivity index (χ3n) is 4.85. The van der Waals surface area contributed by atoms with Gasteiger partial charge in [-0.15, -0.1) is 0 Å². The molecule has 1 aliphatic carbocycles. The molecule has 1 saturated carbocycles. The summed E-state index contributed by atoms with van der Waals surface area (Å²) in [5, 5.41) is 8.97. The number of carboxylic acid groups (broad SMARTS) is 1. The quantitative estimate of drug-likeness (QED) is 0.841. The number of carbonyl (C=O) groups excluding carboxylic acids is 1. The van der Waals surface area contributed by atoms with E-state index in [9.17, 15) is 31.5 Å². The van der Waals surface area contributed by atoms with Gasteiger partial charge in [-0.05, 0) is 18.6 Å². The zero-order valence-electron chi connectivity index (χ0n) is 12.8. The monoisotopic (exact) mass is 363 g/mol. The van der Waals surface area contributed by atoms with E-state index in [1.54, 1.807) is 0 Å². The van der Waals surface area contributed by atoms with Gasteiger partial charge >= 0.3 is 12.1 Å². The molecule has 1 aromatic rings. The van der Waals surface area contributed by atoms with Crippen LogP contribution < -0.4 is 0 Å². The second-order valence-electron chi connectivity index (χ2n) is 6.42. The number of likely N-dealkylation sites (tertiary alicyclic amines) is 1. The number of carboxylic acids is 1. The molecule has 1 aromatic carbocycles. The fraction of sp³-hybridized carbons (Fsp3) is 0.500. The van der Waals surface area contributed by atoms with Crippen molar-refractivity contribution in [1.82, 2.24) is 4.90 Å². The number of hydrogen-bond acceptors (Lipinski definition) is 2. The average molecular weight is 363 g/mol. The molecule has 0 bridgehead atoms. The molecule has 2 unspecified atom stereocenters. The molecule has 9 heteroatoms. The van der Waals surface area contributed by atoms with Crippen molar-refractivity contribution < 1.29 is 36.6 Å². The van der Waals surface area contributed by atoms with Crippen LogP contribution in [0.5, 0.6) is 0 Å². The van der Waals surface area contributed by atoms with Crippen LogP contribution >= 0.6 is 0 Å². The van der Waals surface area contributed by atoms with Crippen LogP contribution in [0.2, 0.25) is 0 Å². The summed E-state index contributed by atoms with van der Waals surface area (Å²) in [5.41, 5.74) is -0.248. The number of nitrogens with zero attached hydrogens (tertiary/aromatic N) is 1. The van der Waals surface area contributed by atoms with E-state index < -0.39 is 66.4 Å². The predicted molar refractivity (Wildman–Crippen MR) is 74.5 cm³/mol. The molecule has 1 N–H and O–H groups in total. The van der Waals surface area contributed by atoms with Crippen molar-refractivity contribution in [2.75, 3.05) is 13.1 Å². The molecule has 0 radical (unpaired) electrons. The highest BCUT2D eigenvalue weighted by atomic mass is 19.4. The topological polar surface area (TPSA) is 57.6 Å². The van der Waals surface area contributed by atoms with Crippen LogP contribution in [0.4, 0.5) is 22.0 Å². The molecular weight excluding hydrogens is 349 g/mol.